The van der Waals surface area contributed by atoms with Crippen LogP contribution in [-0.2, 0) is 32.2 Å². The number of pyridine rings is 1. The van der Waals surface area contributed by atoms with Crippen LogP contribution in [-0.4, -0.2) is 40.7 Å². The number of aromatic nitrogens is 3. The Morgan fingerprint density at radius 2 is 2.03 bits per heavy atom. The number of H-pyrrole nitrogens is 1. The molecule has 0 aliphatic heterocycles. The number of benzene rings is 1. The number of fused-ring (bicyclic) bond motifs is 1. The van der Waals surface area contributed by atoms with Crippen molar-refractivity contribution in [3.8, 4) is 0 Å². The molecule has 0 bridgehead atoms. The van der Waals surface area contributed by atoms with Gasteiger partial charge in [0.25, 0.3) is 0 Å². The predicted molar refractivity (Wildman–Crippen MR) is 134 cm³/mol. The summed E-state index contributed by atoms with van der Waals surface area (Å²) in [6, 6.07) is 12.1. The van der Waals surface area contributed by atoms with Gasteiger partial charge in [-0.1, -0.05) is 37.3 Å². The minimum absolute atomic E-state index is 0.0395. The van der Waals surface area contributed by atoms with Crippen molar-refractivity contribution in [3.05, 3.63) is 77.1 Å². The molecule has 2 N–H and O–H groups in total. The summed E-state index contributed by atoms with van der Waals surface area (Å²) in [7, 11) is 1.37. The monoisotopic (exact) mass is 476 g/mol. The zero-order valence-corrected chi connectivity index (χ0v) is 20.6. The van der Waals surface area contributed by atoms with Crippen LogP contribution >= 0.6 is 0 Å². The number of hydrogen-bond donors (Lipinski definition) is 2. The quantitative estimate of drug-likeness (QED) is 0.416. The molecule has 1 atom stereocenters. The minimum atomic E-state index is -0.309. The first kappa shape index (κ1) is 24.5. The highest BCUT2D eigenvalue weighted by Crippen LogP contribution is 2.36. The molecule has 2 heterocycles. The van der Waals surface area contributed by atoms with Crippen LogP contribution in [0.15, 0.2) is 60.2 Å². The van der Waals surface area contributed by atoms with E-state index in [2.05, 4.69) is 39.1 Å². The molecule has 0 amide bonds. The van der Waals surface area contributed by atoms with E-state index in [-0.39, 0.29) is 24.5 Å². The Hall–Kier alpha value is -3.65. The number of nitrogens with zero attached hydrogens (tertiary/aromatic N) is 2. The molecule has 1 aliphatic rings. The fraction of sp³-hybridized carbons (Fsp3) is 0.370. The Kier molecular flexibility index (Phi) is 7.82. The predicted octanol–water partition coefficient (Wildman–Crippen LogP) is 4.50. The summed E-state index contributed by atoms with van der Waals surface area (Å²) >= 11 is 0. The second-order valence-electron chi connectivity index (χ2n) is 8.91. The lowest BCUT2D eigenvalue weighted by Crippen LogP contribution is -2.23. The lowest BCUT2D eigenvalue weighted by molar-refractivity contribution is -0.139. The number of ether oxygens (including phenoxy) is 3. The third kappa shape index (κ3) is 6.27. The number of allylic oxidation sites excluding steroid dienone is 4. The van der Waals surface area contributed by atoms with Crippen LogP contribution in [0.3, 0.4) is 0 Å². The van der Waals surface area contributed by atoms with E-state index in [4.69, 9.17) is 14.5 Å². The number of imidazole rings is 1. The van der Waals surface area contributed by atoms with Crippen molar-refractivity contribution in [2.75, 3.05) is 13.7 Å². The standard InChI is InChI=1S/C27H32N4O4/c1-17(2)35-25-18(3)10-21(34-16-19-8-6-5-7-9-19)12-22(25)26-30-23-11-20(14-29-27(23)31-26)13-28-15-24(32)33-4/h5-9,11-12,14,17-18,28H,10,13,15-16H2,1-4H3,(H,29,30,31). The minimum Gasteiger partial charge on any atom is -0.494 e. The highest BCUT2D eigenvalue weighted by molar-refractivity contribution is 5.80. The van der Waals surface area contributed by atoms with Gasteiger partial charge in [0, 0.05) is 25.1 Å². The van der Waals surface area contributed by atoms with Gasteiger partial charge in [0.15, 0.2) is 5.65 Å². The second-order valence-corrected chi connectivity index (χ2v) is 8.91. The first-order valence-corrected chi connectivity index (χ1v) is 11.8. The molecule has 0 radical (unpaired) electrons. The van der Waals surface area contributed by atoms with E-state index in [1.165, 1.54) is 7.11 Å². The number of rotatable bonds is 10. The van der Waals surface area contributed by atoms with Gasteiger partial charge in [-0.25, -0.2) is 9.97 Å². The third-order valence-corrected chi connectivity index (χ3v) is 5.63. The fourth-order valence-corrected chi connectivity index (χ4v) is 3.97. The molecule has 0 fully saturated rings. The summed E-state index contributed by atoms with van der Waals surface area (Å²) in [6.45, 7) is 7.33. The summed E-state index contributed by atoms with van der Waals surface area (Å²) in [5, 5.41) is 3.05. The molecule has 4 rings (SSSR count). The lowest BCUT2D eigenvalue weighted by atomic mass is 9.93. The molecule has 0 saturated carbocycles. The van der Waals surface area contributed by atoms with Gasteiger partial charge in [-0.15, -0.1) is 0 Å². The van der Waals surface area contributed by atoms with Crippen LogP contribution in [0, 0.1) is 5.92 Å². The van der Waals surface area contributed by atoms with Crippen LogP contribution in [0.2, 0.25) is 0 Å². The van der Waals surface area contributed by atoms with Gasteiger partial charge >= 0.3 is 5.97 Å². The molecule has 1 aromatic carbocycles. The average molecular weight is 477 g/mol. The smallest absolute Gasteiger partial charge is 0.319 e. The maximum Gasteiger partial charge on any atom is 0.319 e. The molecule has 3 aromatic rings. The summed E-state index contributed by atoms with van der Waals surface area (Å²) in [5.74, 6) is 2.31. The normalized spacial score (nSPS) is 15.9. The van der Waals surface area contributed by atoms with Crippen molar-refractivity contribution >= 4 is 22.7 Å². The first-order chi connectivity index (χ1) is 16.9. The number of esters is 1. The van der Waals surface area contributed by atoms with Crippen LogP contribution in [0.25, 0.3) is 16.7 Å². The number of aromatic amines is 1. The van der Waals surface area contributed by atoms with E-state index in [0.29, 0.717) is 24.6 Å². The number of carbonyl (C=O) groups excluding carboxylic acids is 1. The molecular formula is C27H32N4O4. The average Bonchev–Trinajstić information content (AvgIpc) is 3.27. The van der Waals surface area contributed by atoms with Gasteiger partial charge in [0.2, 0.25) is 0 Å². The van der Waals surface area contributed by atoms with Gasteiger partial charge in [-0.05, 0) is 37.1 Å². The van der Waals surface area contributed by atoms with Gasteiger partial charge in [-0.3, -0.25) is 4.79 Å². The Morgan fingerprint density at radius 1 is 1.23 bits per heavy atom. The second kappa shape index (κ2) is 11.2. The Balaban J connectivity index is 1.60. The van der Waals surface area contributed by atoms with Gasteiger partial charge in [-0.2, -0.15) is 0 Å². The Morgan fingerprint density at radius 3 is 2.77 bits per heavy atom. The van der Waals surface area contributed by atoms with E-state index in [9.17, 15) is 4.79 Å². The van der Waals surface area contributed by atoms with Crippen molar-refractivity contribution in [3.63, 3.8) is 0 Å². The number of carbonyl (C=O) groups is 1. The number of nitrogens with one attached hydrogen (secondary N) is 2. The molecule has 1 aliphatic carbocycles. The summed E-state index contributed by atoms with van der Waals surface area (Å²) < 4.78 is 17.1. The van der Waals surface area contributed by atoms with Crippen molar-refractivity contribution in [2.45, 2.75) is 46.4 Å². The van der Waals surface area contributed by atoms with Gasteiger partial charge in [0.1, 0.15) is 18.2 Å². The molecule has 2 aromatic heterocycles. The lowest BCUT2D eigenvalue weighted by Gasteiger charge is -2.27. The number of methoxy groups -OCH3 is 1. The summed E-state index contributed by atoms with van der Waals surface area (Å²) in [4.78, 5) is 24.0. The van der Waals surface area contributed by atoms with Crippen molar-refractivity contribution < 1.29 is 19.0 Å². The van der Waals surface area contributed by atoms with E-state index in [1.54, 1.807) is 6.20 Å². The maximum absolute atomic E-state index is 11.3. The molecule has 35 heavy (non-hydrogen) atoms. The fourth-order valence-electron chi connectivity index (χ4n) is 3.97. The van der Waals surface area contributed by atoms with Crippen LogP contribution in [0.1, 0.15) is 44.1 Å². The molecule has 8 heteroatoms. The molecule has 1 unspecified atom stereocenters. The van der Waals surface area contributed by atoms with Crippen LogP contribution in [0.5, 0.6) is 0 Å². The molecule has 8 nitrogen and oxygen atoms in total. The molecular weight excluding hydrogens is 444 g/mol. The maximum atomic E-state index is 11.3. The SMILES string of the molecule is COC(=O)CNCc1cnc2nc(C3=C(OC(C)C)C(C)CC(OCc4ccccc4)=C3)[nH]c2c1. The summed E-state index contributed by atoms with van der Waals surface area (Å²) in [5.41, 5.74) is 4.36. The van der Waals surface area contributed by atoms with E-state index in [0.717, 1.165) is 40.2 Å². The Labute approximate surface area is 205 Å². The van der Waals surface area contributed by atoms with Crippen molar-refractivity contribution in [2.24, 2.45) is 5.92 Å². The van der Waals surface area contributed by atoms with E-state index < -0.39 is 0 Å². The zero-order valence-electron chi connectivity index (χ0n) is 20.6. The van der Waals surface area contributed by atoms with Crippen LogP contribution in [0.4, 0.5) is 0 Å². The Bertz CT molecular complexity index is 1230. The van der Waals surface area contributed by atoms with Crippen molar-refractivity contribution in [1.82, 2.24) is 20.3 Å². The van der Waals surface area contributed by atoms with Crippen molar-refractivity contribution in [1.29, 1.82) is 0 Å². The van der Waals surface area contributed by atoms with Gasteiger partial charge in [0.05, 0.1) is 36.6 Å². The topological polar surface area (TPSA) is 98.4 Å². The third-order valence-electron chi connectivity index (χ3n) is 5.63. The molecule has 0 spiro atoms. The number of hydrogen-bond acceptors (Lipinski definition) is 7. The molecule has 184 valence electrons. The highest BCUT2D eigenvalue weighted by atomic mass is 16.5. The first-order valence-electron chi connectivity index (χ1n) is 11.8. The van der Waals surface area contributed by atoms with Crippen LogP contribution < -0.4 is 5.32 Å². The summed E-state index contributed by atoms with van der Waals surface area (Å²) in [6.07, 6.45) is 4.58. The highest BCUT2D eigenvalue weighted by Gasteiger charge is 2.26. The largest absolute Gasteiger partial charge is 0.494 e. The zero-order chi connectivity index (χ0) is 24.8. The molecule has 0 saturated heterocycles. The van der Waals surface area contributed by atoms with E-state index >= 15 is 0 Å². The van der Waals surface area contributed by atoms with E-state index in [1.807, 2.05) is 44.2 Å². The van der Waals surface area contributed by atoms with Gasteiger partial charge < -0.3 is 24.5 Å².